The second-order valence-corrected chi connectivity index (χ2v) is 6.90. The van der Waals surface area contributed by atoms with Gasteiger partial charge < -0.3 is 14.7 Å². The third-order valence-corrected chi connectivity index (χ3v) is 5.31. The summed E-state index contributed by atoms with van der Waals surface area (Å²) < 4.78 is 5.40. The van der Waals surface area contributed by atoms with Crippen molar-refractivity contribution in [3.05, 3.63) is 24.3 Å². The van der Waals surface area contributed by atoms with Gasteiger partial charge in [-0.25, -0.2) is 0 Å². The Labute approximate surface area is 148 Å². The van der Waals surface area contributed by atoms with Crippen LogP contribution in [0, 0.1) is 5.92 Å². The molecule has 136 valence electrons. The molecule has 2 aliphatic heterocycles. The van der Waals surface area contributed by atoms with Crippen molar-refractivity contribution in [2.75, 3.05) is 31.6 Å². The van der Waals surface area contributed by atoms with Crippen LogP contribution in [0.4, 0.5) is 5.69 Å². The van der Waals surface area contributed by atoms with Crippen LogP contribution >= 0.6 is 0 Å². The van der Waals surface area contributed by atoms with E-state index in [1.54, 1.807) is 7.11 Å². The molecule has 2 atom stereocenters. The van der Waals surface area contributed by atoms with Gasteiger partial charge in [-0.15, -0.1) is 0 Å². The summed E-state index contributed by atoms with van der Waals surface area (Å²) >= 11 is 0. The van der Waals surface area contributed by atoms with Crippen LogP contribution in [0.15, 0.2) is 24.3 Å². The molecule has 0 aliphatic carbocycles. The van der Waals surface area contributed by atoms with Crippen molar-refractivity contribution >= 4 is 17.6 Å². The zero-order valence-corrected chi connectivity index (χ0v) is 14.7. The standard InChI is InChI=1S/C19H26N2O4/c1-25-17-7-3-2-6-15(17)21-12-10-16(19(21)24)20-11-4-5-14(13-20)8-9-18(22)23/h2-3,6-7,14,16H,4-5,8-13H2,1H3,(H,22,23). The molecule has 2 heterocycles. The minimum absolute atomic E-state index is 0.0995. The van der Waals surface area contributed by atoms with Crippen LogP contribution in [-0.2, 0) is 9.59 Å². The first kappa shape index (κ1) is 17.7. The van der Waals surface area contributed by atoms with Crippen molar-refractivity contribution < 1.29 is 19.4 Å². The predicted molar refractivity (Wildman–Crippen MR) is 94.9 cm³/mol. The predicted octanol–water partition coefficient (Wildman–Crippen LogP) is 2.38. The number of likely N-dealkylation sites (tertiary alicyclic amines) is 1. The summed E-state index contributed by atoms with van der Waals surface area (Å²) in [5.41, 5.74) is 0.830. The first-order valence-electron chi connectivity index (χ1n) is 9.00. The highest BCUT2D eigenvalue weighted by atomic mass is 16.5. The van der Waals surface area contributed by atoms with Crippen molar-refractivity contribution in [3.8, 4) is 5.75 Å². The molecule has 0 spiro atoms. The summed E-state index contributed by atoms with van der Waals surface area (Å²) in [6, 6.07) is 7.51. The molecule has 2 aliphatic rings. The van der Waals surface area contributed by atoms with Gasteiger partial charge in [-0.1, -0.05) is 12.1 Å². The molecule has 0 radical (unpaired) electrons. The van der Waals surface area contributed by atoms with E-state index in [4.69, 9.17) is 9.84 Å². The number of piperidine rings is 1. The van der Waals surface area contributed by atoms with Gasteiger partial charge in [0.1, 0.15) is 5.75 Å². The lowest BCUT2D eigenvalue weighted by Crippen LogP contribution is -2.47. The first-order chi connectivity index (χ1) is 12.1. The summed E-state index contributed by atoms with van der Waals surface area (Å²) in [5.74, 6) is 0.479. The molecule has 6 heteroatoms. The van der Waals surface area contributed by atoms with Crippen LogP contribution in [0.5, 0.6) is 5.75 Å². The molecular formula is C19H26N2O4. The molecule has 0 saturated carbocycles. The van der Waals surface area contributed by atoms with E-state index in [0.29, 0.717) is 18.9 Å². The van der Waals surface area contributed by atoms with E-state index >= 15 is 0 Å². The maximum atomic E-state index is 13.0. The number of carboxylic acids is 1. The van der Waals surface area contributed by atoms with E-state index in [2.05, 4.69) is 4.90 Å². The molecule has 1 aromatic carbocycles. The molecular weight excluding hydrogens is 320 g/mol. The molecule has 3 rings (SSSR count). The van der Waals surface area contributed by atoms with Crippen LogP contribution in [0.25, 0.3) is 0 Å². The van der Waals surface area contributed by atoms with Crippen LogP contribution < -0.4 is 9.64 Å². The van der Waals surface area contributed by atoms with E-state index in [1.807, 2.05) is 29.2 Å². The largest absolute Gasteiger partial charge is 0.495 e. The van der Waals surface area contributed by atoms with Crippen LogP contribution in [0.2, 0.25) is 0 Å². The second kappa shape index (κ2) is 7.87. The lowest BCUT2D eigenvalue weighted by molar-refractivity contribution is -0.137. The van der Waals surface area contributed by atoms with Crippen molar-refractivity contribution in [1.29, 1.82) is 0 Å². The van der Waals surface area contributed by atoms with Crippen LogP contribution in [0.3, 0.4) is 0 Å². The fourth-order valence-corrected chi connectivity index (χ4v) is 4.04. The minimum atomic E-state index is -0.739. The molecule has 1 amide bonds. The molecule has 1 N–H and O–H groups in total. The highest BCUT2D eigenvalue weighted by molar-refractivity contribution is 6.00. The van der Waals surface area contributed by atoms with Crippen molar-refractivity contribution in [1.82, 2.24) is 4.90 Å². The van der Waals surface area contributed by atoms with Gasteiger partial charge in [-0.2, -0.15) is 0 Å². The third kappa shape index (κ3) is 3.95. The van der Waals surface area contributed by atoms with Gasteiger partial charge in [0.25, 0.3) is 0 Å². The van der Waals surface area contributed by atoms with E-state index < -0.39 is 5.97 Å². The van der Waals surface area contributed by atoms with Gasteiger partial charge in [0.05, 0.1) is 18.8 Å². The molecule has 1 aromatic rings. The van der Waals surface area contributed by atoms with E-state index in [0.717, 1.165) is 43.8 Å². The van der Waals surface area contributed by atoms with Gasteiger partial charge >= 0.3 is 5.97 Å². The second-order valence-electron chi connectivity index (χ2n) is 6.90. The fourth-order valence-electron chi connectivity index (χ4n) is 4.04. The Hall–Kier alpha value is -2.08. The van der Waals surface area contributed by atoms with Gasteiger partial charge in [0.2, 0.25) is 5.91 Å². The Morgan fingerprint density at radius 3 is 2.84 bits per heavy atom. The molecule has 25 heavy (non-hydrogen) atoms. The molecule has 2 saturated heterocycles. The lowest BCUT2D eigenvalue weighted by Gasteiger charge is -2.35. The van der Waals surface area contributed by atoms with Crippen molar-refractivity contribution in [2.24, 2.45) is 5.92 Å². The van der Waals surface area contributed by atoms with E-state index in [9.17, 15) is 9.59 Å². The molecule has 6 nitrogen and oxygen atoms in total. The Balaban J connectivity index is 1.66. The average Bonchev–Trinajstić information content (AvgIpc) is 3.01. The number of para-hydroxylation sites is 2. The third-order valence-electron chi connectivity index (χ3n) is 5.31. The Bertz CT molecular complexity index is 634. The number of anilines is 1. The van der Waals surface area contributed by atoms with Crippen molar-refractivity contribution in [3.63, 3.8) is 0 Å². The highest BCUT2D eigenvalue weighted by Crippen LogP contribution is 2.33. The average molecular weight is 346 g/mol. The number of hydrogen-bond donors (Lipinski definition) is 1. The number of methoxy groups -OCH3 is 1. The SMILES string of the molecule is COc1ccccc1N1CCC(N2CCCC(CCC(=O)O)C2)C1=O. The summed E-state index contributed by atoms with van der Waals surface area (Å²) in [5, 5.41) is 8.89. The number of carbonyl (C=O) groups excluding carboxylic acids is 1. The Kier molecular flexibility index (Phi) is 5.58. The maximum Gasteiger partial charge on any atom is 0.303 e. The molecule has 0 aromatic heterocycles. The normalized spacial score (nSPS) is 24.5. The molecule has 2 fully saturated rings. The smallest absolute Gasteiger partial charge is 0.303 e. The number of carboxylic acid groups (broad SMARTS) is 1. The fraction of sp³-hybridized carbons (Fsp3) is 0.579. The number of nitrogens with zero attached hydrogens (tertiary/aromatic N) is 2. The van der Waals surface area contributed by atoms with E-state index in [1.165, 1.54) is 0 Å². The van der Waals surface area contributed by atoms with Gasteiger partial charge in [0.15, 0.2) is 0 Å². The maximum absolute atomic E-state index is 13.0. The van der Waals surface area contributed by atoms with Gasteiger partial charge in [0, 0.05) is 19.5 Å². The summed E-state index contributed by atoms with van der Waals surface area (Å²) in [6.07, 6.45) is 3.81. The number of carbonyl (C=O) groups is 2. The number of hydrogen-bond acceptors (Lipinski definition) is 4. The van der Waals surface area contributed by atoms with Crippen LogP contribution in [-0.4, -0.2) is 54.7 Å². The van der Waals surface area contributed by atoms with Gasteiger partial charge in [-0.05, 0) is 50.3 Å². The zero-order chi connectivity index (χ0) is 17.8. The van der Waals surface area contributed by atoms with Crippen LogP contribution in [0.1, 0.15) is 32.1 Å². The number of benzene rings is 1. The van der Waals surface area contributed by atoms with Crippen molar-refractivity contribution in [2.45, 2.75) is 38.1 Å². The van der Waals surface area contributed by atoms with E-state index in [-0.39, 0.29) is 18.4 Å². The molecule has 2 unspecified atom stereocenters. The number of ether oxygens (including phenoxy) is 1. The quantitative estimate of drug-likeness (QED) is 0.856. The summed E-state index contributed by atoms with van der Waals surface area (Å²) in [4.78, 5) is 27.9. The topological polar surface area (TPSA) is 70.1 Å². The van der Waals surface area contributed by atoms with Gasteiger partial charge in [-0.3, -0.25) is 14.5 Å². The lowest BCUT2D eigenvalue weighted by atomic mass is 9.92. The Morgan fingerprint density at radius 1 is 1.28 bits per heavy atom. The number of amides is 1. The highest BCUT2D eigenvalue weighted by Gasteiger charge is 2.39. The molecule has 0 bridgehead atoms. The Morgan fingerprint density at radius 2 is 2.08 bits per heavy atom. The minimum Gasteiger partial charge on any atom is -0.495 e. The summed E-state index contributed by atoms with van der Waals surface area (Å²) in [6.45, 7) is 2.43. The number of aliphatic carboxylic acids is 1. The zero-order valence-electron chi connectivity index (χ0n) is 14.7. The monoisotopic (exact) mass is 346 g/mol. The first-order valence-corrected chi connectivity index (χ1v) is 9.00. The summed E-state index contributed by atoms with van der Waals surface area (Å²) in [7, 11) is 1.62. The number of rotatable bonds is 6.